The van der Waals surface area contributed by atoms with Crippen molar-refractivity contribution in [2.24, 2.45) is 0 Å². The molecule has 0 saturated heterocycles. The predicted molar refractivity (Wildman–Crippen MR) is 53.1 cm³/mol. The molecule has 12 heavy (non-hydrogen) atoms. The van der Waals surface area contributed by atoms with Crippen molar-refractivity contribution in [1.29, 1.82) is 0 Å². The molecule has 64 valence electrons. The Morgan fingerprint density at radius 1 is 1.50 bits per heavy atom. The van der Waals surface area contributed by atoms with Crippen LogP contribution in [0, 0.1) is 0 Å². The van der Waals surface area contributed by atoms with E-state index in [9.17, 15) is 4.79 Å². The number of hydrogen-bond donors (Lipinski definition) is 1. The van der Waals surface area contributed by atoms with Crippen LogP contribution >= 0.6 is 24.2 Å². The van der Waals surface area contributed by atoms with Crippen LogP contribution in [0.3, 0.4) is 0 Å². The van der Waals surface area contributed by atoms with E-state index in [1.807, 2.05) is 24.3 Å². The Morgan fingerprint density at radius 3 is 2.83 bits per heavy atom. The highest BCUT2D eigenvalue weighted by Crippen LogP contribution is 2.09. The van der Waals surface area contributed by atoms with Gasteiger partial charge in [-0.05, 0) is 17.7 Å². The van der Waals surface area contributed by atoms with Gasteiger partial charge >= 0.3 is 0 Å². The molecule has 0 aromatic heterocycles. The van der Waals surface area contributed by atoms with Crippen LogP contribution in [0.25, 0.3) is 0 Å². The molecule has 0 heterocycles. The lowest BCUT2D eigenvalue weighted by atomic mass is 10.1. The molecule has 3 heteroatoms. The smallest absolute Gasteiger partial charge is 0.151 e. The van der Waals surface area contributed by atoms with E-state index in [0.717, 1.165) is 10.5 Å². The van der Waals surface area contributed by atoms with E-state index in [1.165, 1.54) is 0 Å². The summed E-state index contributed by atoms with van der Waals surface area (Å²) >= 11 is 9.53. The fourth-order valence-electron chi connectivity index (χ4n) is 0.941. The highest BCUT2D eigenvalue weighted by molar-refractivity contribution is 7.80. The van der Waals surface area contributed by atoms with Crippen LogP contribution in [0.1, 0.15) is 5.56 Å². The molecule has 0 aliphatic rings. The lowest BCUT2D eigenvalue weighted by molar-refractivity contribution is -0.116. The van der Waals surface area contributed by atoms with Crippen LogP contribution in [0.2, 0.25) is 0 Å². The molecular weight excluding hydrogens is 192 g/mol. The zero-order valence-corrected chi connectivity index (χ0v) is 8.11. The monoisotopic (exact) mass is 200 g/mol. The van der Waals surface area contributed by atoms with Crippen LogP contribution in [0.5, 0.6) is 0 Å². The third-order valence-corrected chi connectivity index (χ3v) is 2.04. The number of alkyl halides is 1. The molecule has 0 radical (unpaired) electrons. The molecule has 0 N–H and O–H groups in total. The average molecular weight is 201 g/mol. The fraction of sp³-hybridized carbons (Fsp3) is 0.222. The van der Waals surface area contributed by atoms with Gasteiger partial charge in [0.15, 0.2) is 5.78 Å². The molecule has 0 aliphatic heterocycles. The first-order valence-corrected chi connectivity index (χ1v) is 4.56. The van der Waals surface area contributed by atoms with Gasteiger partial charge in [-0.15, -0.1) is 24.2 Å². The SMILES string of the molecule is O=C(CCl)Cc1cccc(S)c1. The van der Waals surface area contributed by atoms with Crippen molar-refractivity contribution >= 4 is 30.0 Å². The fourth-order valence-corrected chi connectivity index (χ4v) is 1.29. The van der Waals surface area contributed by atoms with Crippen LogP contribution in [-0.2, 0) is 11.2 Å². The summed E-state index contributed by atoms with van der Waals surface area (Å²) in [7, 11) is 0. The molecule has 0 amide bonds. The van der Waals surface area contributed by atoms with Gasteiger partial charge in [-0.3, -0.25) is 4.79 Å². The standard InChI is InChI=1S/C9H9ClOS/c10-6-8(11)4-7-2-1-3-9(12)5-7/h1-3,5,12H,4,6H2. The number of Topliss-reactive ketones (excluding diaryl/α,β-unsaturated/α-hetero) is 1. The van der Waals surface area contributed by atoms with Gasteiger partial charge in [0.25, 0.3) is 0 Å². The van der Waals surface area contributed by atoms with Crippen molar-refractivity contribution in [3.05, 3.63) is 29.8 Å². The van der Waals surface area contributed by atoms with Crippen molar-refractivity contribution in [2.75, 3.05) is 5.88 Å². The van der Waals surface area contributed by atoms with E-state index in [0.29, 0.717) is 6.42 Å². The lowest BCUT2D eigenvalue weighted by Gasteiger charge is -1.98. The maximum Gasteiger partial charge on any atom is 0.151 e. The molecule has 0 unspecified atom stereocenters. The van der Waals surface area contributed by atoms with Crippen molar-refractivity contribution < 1.29 is 4.79 Å². The number of benzene rings is 1. The molecule has 1 aromatic rings. The Hall–Kier alpha value is -0.470. The summed E-state index contributed by atoms with van der Waals surface area (Å²) in [5.74, 6) is 0.118. The molecule has 1 rings (SSSR count). The Balaban J connectivity index is 2.69. The van der Waals surface area contributed by atoms with Crippen LogP contribution in [-0.4, -0.2) is 11.7 Å². The first-order chi connectivity index (χ1) is 5.72. The first kappa shape index (κ1) is 9.62. The third-order valence-electron chi connectivity index (χ3n) is 1.46. The Labute approximate surface area is 82.1 Å². The Morgan fingerprint density at radius 2 is 2.25 bits per heavy atom. The van der Waals surface area contributed by atoms with E-state index in [1.54, 1.807) is 0 Å². The second kappa shape index (κ2) is 4.53. The number of halogens is 1. The summed E-state index contributed by atoms with van der Waals surface area (Å²) in [5.41, 5.74) is 0.966. The van der Waals surface area contributed by atoms with Crippen molar-refractivity contribution in [2.45, 2.75) is 11.3 Å². The summed E-state index contributed by atoms with van der Waals surface area (Å²) < 4.78 is 0. The summed E-state index contributed by atoms with van der Waals surface area (Å²) in [4.78, 5) is 11.8. The highest BCUT2D eigenvalue weighted by atomic mass is 35.5. The number of carbonyl (C=O) groups excluding carboxylic acids is 1. The van der Waals surface area contributed by atoms with Gasteiger partial charge in [-0.1, -0.05) is 12.1 Å². The zero-order chi connectivity index (χ0) is 8.97. The van der Waals surface area contributed by atoms with Gasteiger partial charge in [-0.25, -0.2) is 0 Å². The number of ketones is 1. The second-order valence-electron chi connectivity index (χ2n) is 2.52. The number of carbonyl (C=O) groups is 1. The zero-order valence-electron chi connectivity index (χ0n) is 6.46. The molecule has 0 spiro atoms. The third kappa shape index (κ3) is 2.88. The van der Waals surface area contributed by atoms with Gasteiger partial charge in [0.2, 0.25) is 0 Å². The second-order valence-corrected chi connectivity index (χ2v) is 3.30. The summed E-state index contributed by atoms with van der Waals surface area (Å²) in [6, 6.07) is 7.51. The molecule has 0 fully saturated rings. The highest BCUT2D eigenvalue weighted by Gasteiger charge is 2.00. The normalized spacial score (nSPS) is 9.83. The predicted octanol–water partition coefficient (Wildman–Crippen LogP) is 2.33. The van der Waals surface area contributed by atoms with Gasteiger partial charge < -0.3 is 0 Å². The Kier molecular flexibility index (Phi) is 3.63. The topological polar surface area (TPSA) is 17.1 Å². The van der Waals surface area contributed by atoms with E-state index in [-0.39, 0.29) is 11.7 Å². The summed E-state index contributed by atoms with van der Waals surface area (Å²) in [6.07, 6.45) is 0.401. The molecular formula is C9H9ClOS. The van der Waals surface area contributed by atoms with E-state index in [4.69, 9.17) is 11.6 Å². The van der Waals surface area contributed by atoms with Gasteiger partial charge in [-0.2, -0.15) is 0 Å². The molecule has 0 aliphatic carbocycles. The number of thiol groups is 1. The Bertz CT molecular complexity index is 286. The summed E-state index contributed by atoms with van der Waals surface area (Å²) in [6.45, 7) is 0. The maximum atomic E-state index is 10.9. The quantitative estimate of drug-likeness (QED) is 0.586. The van der Waals surface area contributed by atoms with E-state index < -0.39 is 0 Å². The van der Waals surface area contributed by atoms with Gasteiger partial charge in [0.05, 0.1) is 5.88 Å². The van der Waals surface area contributed by atoms with Crippen molar-refractivity contribution in [3.63, 3.8) is 0 Å². The van der Waals surface area contributed by atoms with Crippen LogP contribution in [0.4, 0.5) is 0 Å². The average Bonchev–Trinajstić information content (AvgIpc) is 2.04. The van der Waals surface area contributed by atoms with Crippen LogP contribution < -0.4 is 0 Å². The molecule has 0 bridgehead atoms. The molecule has 0 atom stereocenters. The molecule has 1 aromatic carbocycles. The minimum absolute atomic E-state index is 0.0376. The number of rotatable bonds is 3. The van der Waals surface area contributed by atoms with Crippen molar-refractivity contribution in [1.82, 2.24) is 0 Å². The first-order valence-electron chi connectivity index (χ1n) is 3.58. The van der Waals surface area contributed by atoms with Gasteiger partial charge in [0, 0.05) is 11.3 Å². The largest absolute Gasteiger partial charge is 0.298 e. The number of hydrogen-bond acceptors (Lipinski definition) is 2. The lowest BCUT2D eigenvalue weighted by Crippen LogP contribution is -2.03. The maximum absolute atomic E-state index is 10.9. The molecule has 0 saturated carbocycles. The molecule has 1 nitrogen and oxygen atoms in total. The van der Waals surface area contributed by atoms with Crippen LogP contribution in [0.15, 0.2) is 29.2 Å². The summed E-state index contributed by atoms with van der Waals surface area (Å²) in [5, 5.41) is 0. The van der Waals surface area contributed by atoms with Gasteiger partial charge in [0.1, 0.15) is 0 Å². The minimum Gasteiger partial charge on any atom is -0.298 e. The van der Waals surface area contributed by atoms with E-state index in [2.05, 4.69) is 12.6 Å². The van der Waals surface area contributed by atoms with E-state index >= 15 is 0 Å². The minimum atomic E-state index is 0.0376. The van der Waals surface area contributed by atoms with Crippen molar-refractivity contribution in [3.8, 4) is 0 Å².